The van der Waals surface area contributed by atoms with Crippen LogP contribution in [0.5, 0.6) is 0 Å². The van der Waals surface area contributed by atoms with Gasteiger partial charge in [0.05, 0.1) is 0 Å². The van der Waals surface area contributed by atoms with Gasteiger partial charge in [0.2, 0.25) is 0 Å². The molecule has 0 radical (unpaired) electrons. The fraction of sp³-hybridized carbons (Fsp3) is 0.143. The molecule has 0 spiro atoms. The molecule has 4 aromatic carbocycles. The van der Waals surface area contributed by atoms with E-state index in [0.29, 0.717) is 0 Å². The van der Waals surface area contributed by atoms with Gasteiger partial charge in [-0.3, -0.25) is 0 Å². The van der Waals surface area contributed by atoms with Crippen LogP contribution in [0.2, 0.25) is 0 Å². The molecule has 0 atom stereocenters. The summed E-state index contributed by atoms with van der Waals surface area (Å²) < 4.78 is 41.6. The molecule has 0 nitrogen and oxygen atoms in total. The average molecular weight is 429 g/mol. The lowest BCUT2D eigenvalue weighted by molar-refractivity contribution is 0.590. The van der Waals surface area contributed by atoms with E-state index in [0.717, 1.165) is 21.9 Å². The molecule has 0 aliphatic heterocycles. The topological polar surface area (TPSA) is 0 Å². The molecule has 0 amide bonds. The van der Waals surface area contributed by atoms with E-state index >= 15 is 0 Å². The summed E-state index contributed by atoms with van der Waals surface area (Å²) in [5.74, 6) is -1.00. The van der Waals surface area contributed by atoms with Crippen molar-refractivity contribution in [1.82, 2.24) is 0 Å². The Morgan fingerprint density at radius 3 is 0.938 bits per heavy atom. The van der Waals surface area contributed by atoms with Gasteiger partial charge in [0.1, 0.15) is 23.6 Å². The number of hydrogen-bond donors (Lipinski definition) is 0. The second kappa shape index (κ2) is 8.35. The van der Waals surface area contributed by atoms with Gasteiger partial charge in [-0.1, -0.05) is 81.4 Å². The van der Waals surface area contributed by atoms with Gasteiger partial charge < -0.3 is 0 Å². The van der Waals surface area contributed by atoms with E-state index in [1.54, 1.807) is 36.4 Å². The molecule has 32 heavy (non-hydrogen) atoms. The number of benzene rings is 4. The maximum Gasteiger partial charge on any atom is 0.122 e. The summed E-state index contributed by atoms with van der Waals surface area (Å²) in [5, 5.41) is 0. The van der Waals surface area contributed by atoms with Crippen molar-refractivity contribution in [2.45, 2.75) is 26.2 Å². The zero-order chi connectivity index (χ0) is 22.9. The van der Waals surface area contributed by atoms with Crippen molar-refractivity contribution in [3.8, 4) is 0 Å². The van der Waals surface area contributed by atoms with Crippen LogP contribution in [0.3, 0.4) is 0 Å². The van der Waals surface area contributed by atoms with Crippen LogP contribution >= 0.6 is 0 Å². The Morgan fingerprint density at radius 1 is 0.438 bits per heavy atom. The van der Waals surface area contributed by atoms with E-state index in [1.807, 2.05) is 0 Å². The van der Waals surface area contributed by atoms with E-state index in [-0.39, 0.29) is 22.9 Å². The zero-order valence-electron chi connectivity index (χ0n) is 18.4. The first kappa shape index (κ1) is 21.9. The van der Waals surface area contributed by atoms with Gasteiger partial charge in [0, 0.05) is 0 Å². The van der Waals surface area contributed by atoms with Crippen LogP contribution in [-0.2, 0) is 5.41 Å². The van der Waals surface area contributed by atoms with Gasteiger partial charge in [-0.05, 0) is 47.4 Å². The highest BCUT2D eigenvalue weighted by atomic mass is 19.1. The Hall–Kier alpha value is -3.27. The Balaban J connectivity index is 2.08. The first-order valence-electron chi connectivity index (χ1n) is 10.8. The Bertz CT molecular complexity index is 1080. The van der Waals surface area contributed by atoms with Crippen molar-refractivity contribution in [2.24, 2.45) is 0 Å². The summed E-state index contributed by atoms with van der Waals surface area (Å²) in [4.78, 5) is 0. The van der Waals surface area contributed by atoms with Crippen molar-refractivity contribution < 1.29 is 13.2 Å². The largest absolute Gasteiger partial charge is 0.207 e. The Morgan fingerprint density at radius 2 is 0.688 bits per heavy atom. The minimum absolute atomic E-state index is 0.0180. The van der Waals surface area contributed by atoms with Crippen LogP contribution < -0.4 is 21.9 Å². The summed E-state index contributed by atoms with van der Waals surface area (Å²) in [6.07, 6.45) is -1.81. The molecule has 0 bridgehead atoms. The quantitative estimate of drug-likeness (QED) is 0.410. The molecule has 162 valence electrons. The summed E-state index contributed by atoms with van der Waals surface area (Å²) in [6.45, 7) is 6.46. The molecule has 0 saturated heterocycles. The SMILES string of the molecule is CC(C)(C)c1ccc([B-](c2ccc(F)cc2)(c2ccc(F)cc2)c2ccc(F)cc2)cc1. The number of rotatable bonds is 4. The molecule has 0 aliphatic carbocycles. The Labute approximate surface area is 187 Å². The van der Waals surface area contributed by atoms with Gasteiger partial charge in [0.15, 0.2) is 0 Å². The molecule has 0 aromatic heterocycles. The average Bonchev–Trinajstić information content (AvgIpc) is 2.77. The van der Waals surface area contributed by atoms with Crippen LogP contribution in [0.25, 0.3) is 0 Å². The van der Waals surface area contributed by atoms with Crippen molar-refractivity contribution in [3.63, 3.8) is 0 Å². The Kier molecular flexibility index (Phi) is 5.72. The maximum absolute atomic E-state index is 13.9. The van der Waals surface area contributed by atoms with E-state index in [4.69, 9.17) is 0 Å². The first-order valence-corrected chi connectivity index (χ1v) is 10.8. The molecule has 4 rings (SSSR count). The lowest BCUT2D eigenvalue weighted by atomic mass is 9.13. The fourth-order valence-corrected chi connectivity index (χ4v) is 4.68. The third-order valence-electron chi connectivity index (χ3n) is 6.39. The molecular formula is C28H25BF3-. The van der Waals surface area contributed by atoms with E-state index < -0.39 is 6.15 Å². The third-order valence-corrected chi connectivity index (χ3v) is 6.39. The predicted molar refractivity (Wildman–Crippen MR) is 129 cm³/mol. The van der Waals surface area contributed by atoms with Crippen LogP contribution in [0.15, 0.2) is 97.1 Å². The maximum atomic E-state index is 13.9. The van der Waals surface area contributed by atoms with Crippen LogP contribution in [-0.4, -0.2) is 6.15 Å². The fourth-order valence-electron chi connectivity index (χ4n) is 4.68. The molecule has 0 fully saturated rings. The highest BCUT2D eigenvalue weighted by Gasteiger charge is 2.32. The van der Waals surface area contributed by atoms with Gasteiger partial charge in [0.25, 0.3) is 0 Å². The van der Waals surface area contributed by atoms with E-state index in [9.17, 15) is 13.2 Å². The van der Waals surface area contributed by atoms with Crippen molar-refractivity contribution in [1.29, 1.82) is 0 Å². The summed E-state index contributed by atoms with van der Waals surface area (Å²) in [5.41, 5.74) is 4.76. The van der Waals surface area contributed by atoms with Gasteiger partial charge in [-0.15, -0.1) is 0 Å². The molecule has 0 aliphatic rings. The summed E-state index contributed by atoms with van der Waals surface area (Å²) in [7, 11) is 0. The molecule has 0 unspecified atom stereocenters. The highest BCUT2D eigenvalue weighted by Crippen LogP contribution is 2.22. The smallest absolute Gasteiger partial charge is 0.122 e. The van der Waals surface area contributed by atoms with Gasteiger partial charge in [-0.2, -0.15) is 21.9 Å². The van der Waals surface area contributed by atoms with Crippen molar-refractivity contribution >= 4 is 28.0 Å². The van der Waals surface area contributed by atoms with E-state index in [1.165, 1.54) is 42.0 Å². The minimum Gasteiger partial charge on any atom is -0.207 e. The second-order valence-electron chi connectivity index (χ2n) is 9.39. The first-order chi connectivity index (χ1) is 15.2. The predicted octanol–water partition coefficient (Wildman–Crippen LogP) is 4.78. The normalized spacial score (nSPS) is 12.1. The lowest BCUT2D eigenvalue weighted by Gasteiger charge is -2.44. The van der Waals surface area contributed by atoms with Crippen LogP contribution in [0, 0.1) is 17.5 Å². The van der Waals surface area contributed by atoms with Crippen LogP contribution in [0.4, 0.5) is 13.2 Å². The second-order valence-corrected chi connectivity index (χ2v) is 9.39. The standard InChI is InChI=1S/C28H25BF3/c1-28(2,3)20-4-6-21(7-5-20)29(22-8-14-25(30)15-9-22,23-10-16-26(31)17-11-23)24-12-18-27(32)19-13-24/h4-19H,1-3H3/q-1. The van der Waals surface area contributed by atoms with Crippen molar-refractivity contribution in [2.75, 3.05) is 0 Å². The monoisotopic (exact) mass is 429 g/mol. The molecule has 0 heterocycles. The number of halogens is 3. The van der Waals surface area contributed by atoms with Gasteiger partial charge >= 0.3 is 0 Å². The molecule has 4 heteroatoms. The number of hydrogen-bond acceptors (Lipinski definition) is 0. The van der Waals surface area contributed by atoms with Gasteiger partial charge in [-0.25, -0.2) is 13.2 Å². The molecule has 0 N–H and O–H groups in total. The van der Waals surface area contributed by atoms with Crippen LogP contribution in [0.1, 0.15) is 26.3 Å². The molecular weight excluding hydrogens is 404 g/mol. The molecule has 4 aromatic rings. The zero-order valence-corrected chi connectivity index (χ0v) is 18.4. The summed E-state index contributed by atoms with van der Waals surface area (Å²) >= 11 is 0. The van der Waals surface area contributed by atoms with Crippen molar-refractivity contribution in [3.05, 3.63) is 120 Å². The van der Waals surface area contributed by atoms with E-state index in [2.05, 4.69) is 45.0 Å². The highest BCUT2D eigenvalue weighted by molar-refractivity contribution is 7.19. The lowest BCUT2D eigenvalue weighted by Crippen LogP contribution is -2.74. The molecule has 0 saturated carbocycles. The minimum atomic E-state index is -1.81. The third kappa shape index (κ3) is 3.98. The summed E-state index contributed by atoms with van der Waals surface area (Å²) in [6, 6.07) is 27.5.